The van der Waals surface area contributed by atoms with Gasteiger partial charge in [0.2, 0.25) is 0 Å². The molecule has 1 saturated heterocycles. The van der Waals surface area contributed by atoms with E-state index < -0.39 is 5.60 Å². The summed E-state index contributed by atoms with van der Waals surface area (Å²) >= 11 is 2.98. The fourth-order valence-electron chi connectivity index (χ4n) is 2.53. The lowest BCUT2D eigenvalue weighted by atomic mass is 10.0. The Morgan fingerprint density at radius 1 is 1.52 bits per heavy atom. The Balaban J connectivity index is 1.82. The molecule has 0 bridgehead atoms. The number of thioether (sulfide) groups is 1. The average Bonchev–Trinajstić information content (AvgIpc) is 3.02. The van der Waals surface area contributed by atoms with Gasteiger partial charge in [0, 0.05) is 22.4 Å². The molecule has 21 heavy (non-hydrogen) atoms. The Hall–Kier alpha value is -1.11. The van der Waals surface area contributed by atoms with Gasteiger partial charge in [-0.1, -0.05) is 6.07 Å². The van der Waals surface area contributed by atoms with E-state index in [1.165, 1.54) is 17.4 Å². The van der Waals surface area contributed by atoms with E-state index in [1.54, 1.807) is 24.8 Å². The third-order valence-electron chi connectivity index (χ3n) is 3.77. The van der Waals surface area contributed by atoms with Crippen molar-refractivity contribution in [2.24, 2.45) is 0 Å². The molecule has 2 heterocycles. The largest absolute Gasteiger partial charge is 0.387 e. The van der Waals surface area contributed by atoms with E-state index in [1.807, 2.05) is 6.07 Å². The monoisotopic (exact) mass is 325 g/mol. The van der Waals surface area contributed by atoms with Crippen molar-refractivity contribution < 1.29 is 14.3 Å². The zero-order valence-corrected chi connectivity index (χ0v) is 13.2. The second kappa shape index (κ2) is 5.59. The topological polar surface area (TPSA) is 49.3 Å². The molecule has 0 aliphatic carbocycles. The minimum Gasteiger partial charge on any atom is -0.387 e. The second-order valence-electron chi connectivity index (χ2n) is 5.38. The van der Waals surface area contributed by atoms with Gasteiger partial charge in [-0.15, -0.1) is 11.3 Å². The Morgan fingerprint density at radius 3 is 3.00 bits per heavy atom. The first-order valence-corrected chi connectivity index (χ1v) is 8.73. The van der Waals surface area contributed by atoms with Crippen LogP contribution in [-0.4, -0.2) is 34.7 Å². The lowest BCUT2D eigenvalue weighted by Crippen LogP contribution is -2.42. The maximum atomic E-state index is 13.8. The summed E-state index contributed by atoms with van der Waals surface area (Å²) in [6.07, 6.45) is 0.692. The number of carbonyl (C=O) groups excluding carboxylic acids is 1. The zero-order valence-electron chi connectivity index (χ0n) is 11.6. The maximum absolute atomic E-state index is 13.8. The lowest BCUT2D eigenvalue weighted by molar-refractivity contribution is 0.0614. The third-order valence-corrected chi connectivity index (χ3v) is 6.26. The predicted octanol–water partition coefficient (Wildman–Crippen LogP) is 2.95. The molecule has 0 radical (unpaired) electrons. The van der Waals surface area contributed by atoms with Crippen LogP contribution in [0.1, 0.15) is 21.7 Å². The summed E-state index contributed by atoms with van der Waals surface area (Å²) in [6.45, 7) is 2.01. The van der Waals surface area contributed by atoms with Crippen LogP contribution in [0.3, 0.4) is 0 Å². The van der Waals surface area contributed by atoms with Crippen molar-refractivity contribution in [3.8, 4) is 0 Å². The fraction of sp³-hybridized carbons (Fsp3) is 0.400. The molecule has 1 atom stereocenters. The van der Waals surface area contributed by atoms with Crippen molar-refractivity contribution >= 4 is 39.1 Å². The van der Waals surface area contributed by atoms with E-state index in [0.29, 0.717) is 28.0 Å². The van der Waals surface area contributed by atoms with Gasteiger partial charge >= 0.3 is 0 Å². The molecule has 0 saturated carbocycles. The fourth-order valence-corrected chi connectivity index (χ4v) is 4.97. The molecule has 1 aliphatic heterocycles. The van der Waals surface area contributed by atoms with Gasteiger partial charge < -0.3 is 10.4 Å². The number of aliphatic hydroxyl groups is 1. The normalized spacial score (nSPS) is 21.9. The molecule has 0 spiro atoms. The smallest absolute Gasteiger partial charge is 0.261 e. The van der Waals surface area contributed by atoms with Crippen LogP contribution in [0.4, 0.5) is 4.39 Å². The summed E-state index contributed by atoms with van der Waals surface area (Å²) in [7, 11) is 0. The Morgan fingerprint density at radius 2 is 2.33 bits per heavy atom. The SMILES string of the molecule is Cc1c(C(=O)NCC2(O)CCSC2)sc2cccc(F)c12. The molecular weight excluding hydrogens is 309 g/mol. The standard InChI is InChI=1S/C15H16FNO2S2/c1-9-12-10(16)3-2-4-11(12)21-13(9)14(18)17-7-15(19)5-6-20-8-15/h2-4,19H,5-8H2,1H3,(H,17,18). The van der Waals surface area contributed by atoms with Crippen LogP contribution in [0.2, 0.25) is 0 Å². The Kier molecular flexibility index (Phi) is 3.94. The molecule has 1 aromatic heterocycles. The van der Waals surface area contributed by atoms with Crippen LogP contribution < -0.4 is 5.32 Å². The number of amides is 1. The highest BCUT2D eigenvalue weighted by Crippen LogP contribution is 2.33. The zero-order chi connectivity index (χ0) is 15.0. The summed E-state index contributed by atoms with van der Waals surface area (Å²) in [4.78, 5) is 12.8. The molecule has 1 aliphatic rings. The molecule has 2 N–H and O–H groups in total. The summed E-state index contributed by atoms with van der Waals surface area (Å²) in [5.74, 6) is 1.02. The van der Waals surface area contributed by atoms with E-state index in [4.69, 9.17) is 0 Å². The minimum atomic E-state index is -0.809. The summed E-state index contributed by atoms with van der Waals surface area (Å²) < 4.78 is 14.6. The van der Waals surface area contributed by atoms with Crippen LogP contribution in [0.5, 0.6) is 0 Å². The minimum absolute atomic E-state index is 0.238. The van der Waals surface area contributed by atoms with Gasteiger partial charge in [0.15, 0.2) is 0 Å². The highest BCUT2D eigenvalue weighted by atomic mass is 32.2. The molecule has 1 amide bonds. The number of rotatable bonds is 3. The van der Waals surface area contributed by atoms with E-state index in [2.05, 4.69) is 5.32 Å². The number of thiophene rings is 1. The van der Waals surface area contributed by atoms with Crippen molar-refractivity contribution in [3.63, 3.8) is 0 Å². The maximum Gasteiger partial charge on any atom is 0.261 e. The number of fused-ring (bicyclic) bond motifs is 1. The second-order valence-corrected chi connectivity index (χ2v) is 7.54. The van der Waals surface area contributed by atoms with Crippen molar-refractivity contribution in [2.75, 3.05) is 18.1 Å². The van der Waals surface area contributed by atoms with Crippen LogP contribution in [-0.2, 0) is 0 Å². The number of hydrogen-bond acceptors (Lipinski definition) is 4. The first-order valence-electron chi connectivity index (χ1n) is 6.76. The number of hydrogen-bond donors (Lipinski definition) is 2. The van der Waals surface area contributed by atoms with E-state index >= 15 is 0 Å². The van der Waals surface area contributed by atoms with Gasteiger partial charge in [0.1, 0.15) is 5.82 Å². The van der Waals surface area contributed by atoms with Gasteiger partial charge in [0.25, 0.3) is 5.91 Å². The molecule has 2 aromatic rings. The van der Waals surface area contributed by atoms with Crippen LogP contribution in [0, 0.1) is 12.7 Å². The Labute approximate surface area is 130 Å². The molecule has 1 unspecified atom stereocenters. The molecule has 112 valence electrons. The van der Waals surface area contributed by atoms with E-state index in [9.17, 15) is 14.3 Å². The van der Waals surface area contributed by atoms with Crippen LogP contribution >= 0.6 is 23.1 Å². The van der Waals surface area contributed by atoms with Crippen molar-refractivity contribution in [2.45, 2.75) is 18.9 Å². The van der Waals surface area contributed by atoms with Crippen molar-refractivity contribution in [1.29, 1.82) is 0 Å². The number of halogens is 1. The number of carbonyl (C=O) groups is 1. The molecule has 1 fully saturated rings. The number of aryl methyl sites for hydroxylation is 1. The number of nitrogens with one attached hydrogen (secondary N) is 1. The first kappa shape index (κ1) is 14.8. The van der Waals surface area contributed by atoms with Gasteiger partial charge in [0.05, 0.1) is 10.5 Å². The van der Waals surface area contributed by atoms with Gasteiger partial charge in [-0.3, -0.25) is 4.79 Å². The van der Waals surface area contributed by atoms with Crippen LogP contribution in [0.15, 0.2) is 18.2 Å². The highest BCUT2D eigenvalue weighted by Gasteiger charge is 2.32. The molecule has 1 aromatic carbocycles. The van der Waals surface area contributed by atoms with Crippen LogP contribution in [0.25, 0.3) is 10.1 Å². The molecular formula is C15H16FNO2S2. The van der Waals surface area contributed by atoms with E-state index in [0.717, 1.165) is 10.5 Å². The average molecular weight is 325 g/mol. The van der Waals surface area contributed by atoms with Crippen molar-refractivity contribution in [3.05, 3.63) is 34.5 Å². The molecule has 6 heteroatoms. The lowest BCUT2D eigenvalue weighted by Gasteiger charge is -2.21. The highest BCUT2D eigenvalue weighted by molar-refractivity contribution is 7.99. The van der Waals surface area contributed by atoms with Gasteiger partial charge in [-0.2, -0.15) is 11.8 Å². The number of benzene rings is 1. The molecule has 3 nitrogen and oxygen atoms in total. The van der Waals surface area contributed by atoms with E-state index in [-0.39, 0.29) is 18.3 Å². The Bertz CT molecular complexity index is 692. The van der Waals surface area contributed by atoms with Gasteiger partial charge in [-0.25, -0.2) is 4.39 Å². The quantitative estimate of drug-likeness (QED) is 0.912. The summed E-state index contributed by atoms with van der Waals surface area (Å²) in [5, 5.41) is 13.6. The molecule has 3 rings (SSSR count). The van der Waals surface area contributed by atoms with Gasteiger partial charge in [-0.05, 0) is 36.8 Å². The van der Waals surface area contributed by atoms with Crippen molar-refractivity contribution in [1.82, 2.24) is 5.32 Å². The first-order chi connectivity index (χ1) is 10.0. The summed E-state index contributed by atoms with van der Waals surface area (Å²) in [5.41, 5.74) is -0.144. The third kappa shape index (κ3) is 2.80. The summed E-state index contributed by atoms with van der Waals surface area (Å²) in [6, 6.07) is 4.87. The predicted molar refractivity (Wildman–Crippen MR) is 85.7 cm³/mol.